The Morgan fingerprint density at radius 3 is 2.47 bits per heavy atom. The van der Waals surface area contributed by atoms with Crippen molar-refractivity contribution in [1.82, 2.24) is 5.32 Å². The molecule has 0 aliphatic carbocycles. The second-order valence-corrected chi connectivity index (χ2v) is 4.45. The number of alkyl halides is 3. The molecule has 2 amide bonds. The summed E-state index contributed by atoms with van der Waals surface area (Å²) < 4.78 is 40.4. The molecule has 0 bridgehead atoms. The number of nitrogens with one attached hydrogen (secondary N) is 1. The molecule has 0 unspecified atom stereocenters. The molecule has 1 aromatic carbocycles. The zero-order valence-electron chi connectivity index (χ0n) is 9.15. The summed E-state index contributed by atoms with van der Waals surface area (Å²) in [5.41, 5.74) is 0.0622. The minimum absolute atomic E-state index is 0.0169. The highest BCUT2D eigenvalue weighted by Crippen LogP contribution is 2.31. The van der Waals surface area contributed by atoms with E-state index in [4.69, 9.17) is 0 Å². The van der Waals surface area contributed by atoms with E-state index in [2.05, 4.69) is 4.74 Å². The Bertz CT molecular complexity index is 569. The van der Waals surface area contributed by atoms with Crippen molar-refractivity contribution in [3.8, 4) is 5.75 Å². The van der Waals surface area contributed by atoms with E-state index in [1.165, 1.54) is 24.3 Å². The van der Waals surface area contributed by atoms with E-state index in [1.54, 1.807) is 0 Å². The van der Waals surface area contributed by atoms with Crippen LogP contribution in [-0.4, -0.2) is 17.5 Å². The Kier molecular flexibility index (Phi) is 3.52. The van der Waals surface area contributed by atoms with Crippen molar-refractivity contribution < 1.29 is 27.5 Å². The largest absolute Gasteiger partial charge is 0.573 e. The van der Waals surface area contributed by atoms with Crippen LogP contribution in [0.2, 0.25) is 0 Å². The number of rotatable bonds is 2. The first-order chi connectivity index (χ1) is 8.85. The fourth-order valence-corrected chi connectivity index (χ4v) is 2.05. The van der Waals surface area contributed by atoms with Crippen molar-refractivity contribution in [2.45, 2.75) is 6.36 Å². The molecule has 0 spiro atoms. The van der Waals surface area contributed by atoms with E-state index in [-0.39, 0.29) is 10.5 Å². The van der Waals surface area contributed by atoms with Crippen LogP contribution in [0.5, 0.6) is 5.75 Å². The molecular weight excluding hydrogens is 283 g/mol. The van der Waals surface area contributed by atoms with Crippen molar-refractivity contribution in [3.63, 3.8) is 0 Å². The summed E-state index contributed by atoms with van der Waals surface area (Å²) in [5.74, 6) is -1.08. The van der Waals surface area contributed by atoms with Crippen molar-refractivity contribution in [3.05, 3.63) is 34.7 Å². The molecule has 0 radical (unpaired) electrons. The Morgan fingerprint density at radius 2 is 1.89 bits per heavy atom. The second kappa shape index (κ2) is 4.96. The van der Waals surface area contributed by atoms with E-state index >= 15 is 0 Å². The molecule has 2 rings (SSSR count). The molecule has 100 valence electrons. The molecule has 1 saturated heterocycles. The Balaban J connectivity index is 2.33. The first-order valence-electron chi connectivity index (χ1n) is 4.95. The molecule has 1 heterocycles. The third-order valence-electron chi connectivity index (χ3n) is 2.07. The molecule has 0 saturated carbocycles. The lowest BCUT2D eigenvalue weighted by atomic mass is 10.2. The van der Waals surface area contributed by atoms with Crippen molar-refractivity contribution >= 4 is 29.0 Å². The van der Waals surface area contributed by atoms with Gasteiger partial charge in [-0.15, -0.1) is 13.2 Å². The summed E-state index contributed by atoms with van der Waals surface area (Å²) in [6, 6.07) is 5.34. The number of ether oxygens (including phenoxy) is 1. The number of carbonyl (C=O) groups is 2. The highest BCUT2D eigenvalue weighted by Gasteiger charge is 2.32. The van der Waals surface area contributed by atoms with Crippen LogP contribution in [0.15, 0.2) is 29.2 Å². The minimum Gasteiger partial charge on any atom is -0.405 e. The number of halogens is 3. The Labute approximate surface area is 109 Å². The molecule has 1 fully saturated rings. The smallest absolute Gasteiger partial charge is 0.405 e. The fraction of sp³-hybridized carbons (Fsp3) is 0.0909. The number of carbonyl (C=O) groups excluding carboxylic acids is 2. The van der Waals surface area contributed by atoms with E-state index in [1.807, 2.05) is 5.32 Å². The van der Waals surface area contributed by atoms with E-state index in [0.717, 1.165) is 6.07 Å². The van der Waals surface area contributed by atoms with Crippen LogP contribution in [-0.2, 0) is 4.79 Å². The molecule has 1 aliphatic rings. The monoisotopic (exact) mass is 289 g/mol. The molecule has 4 nitrogen and oxygen atoms in total. The predicted octanol–water partition coefficient (Wildman–Crippen LogP) is 2.91. The summed E-state index contributed by atoms with van der Waals surface area (Å²) in [4.78, 5) is 22.3. The summed E-state index contributed by atoms with van der Waals surface area (Å²) in [6.07, 6.45) is -3.65. The van der Waals surface area contributed by atoms with Crippen LogP contribution in [0.25, 0.3) is 6.08 Å². The number of benzene rings is 1. The molecule has 1 aliphatic heterocycles. The average molecular weight is 289 g/mol. The molecule has 1 aromatic rings. The van der Waals surface area contributed by atoms with Gasteiger partial charge >= 0.3 is 6.36 Å². The van der Waals surface area contributed by atoms with Gasteiger partial charge in [0.05, 0.1) is 4.91 Å². The molecule has 1 N–H and O–H groups in total. The molecule has 0 atom stereocenters. The van der Waals surface area contributed by atoms with Gasteiger partial charge in [0.1, 0.15) is 5.75 Å². The first-order valence-corrected chi connectivity index (χ1v) is 5.76. The fourth-order valence-electron chi connectivity index (χ4n) is 1.38. The molecular formula is C11H6F3NO3S. The van der Waals surface area contributed by atoms with Gasteiger partial charge in [0.2, 0.25) is 0 Å². The highest BCUT2D eigenvalue weighted by atomic mass is 32.2. The van der Waals surface area contributed by atoms with E-state index in [9.17, 15) is 22.8 Å². The first kappa shape index (κ1) is 13.5. The van der Waals surface area contributed by atoms with Crippen LogP contribution in [0.4, 0.5) is 18.0 Å². The van der Waals surface area contributed by atoms with E-state index in [0.29, 0.717) is 11.8 Å². The normalized spacial score (nSPS) is 17.7. The number of para-hydroxylation sites is 1. The Hall–Kier alpha value is -1.96. The second-order valence-electron chi connectivity index (χ2n) is 3.44. The summed E-state index contributed by atoms with van der Waals surface area (Å²) >= 11 is 0.620. The third kappa shape index (κ3) is 3.50. The van der Waals surface area contributed by atoms with Crippen LogP contribution >= 0.6 is 11.8 Å². The lowest BCUT2D eigenvalue weighted by Gasteiger charge is -2.11. The average Bonchev–Trinajstić information content (AvgIpc) is 2.58. The standard InChI is InChI=1S/C11H6F3NO3S/c12-11(13,14)18-7-4-2-1-3-6(7)5-8-9(16)15-10(17)19-8/h1-5H,(H,15,16,17). The van der Waals surface area contributed by atoms with Gasteiger partial charge in [-0.1, -0.05) is 18.2 Å². The summed E-state index contributed by atoms with van der Waals surface area (Å²) in [7, 11) is 0. The van der Waals surface area contributed by atoms with Crippen LogP contribution in [0, 0.1) is 0 Å². The predicted molar refractivity (Wildman–Crippen MR) is 62.2 cm³/mol. The SMILES string of the molecule is O=C1NC(=O)C(=Cc2ccccc2OC(F)(F)F)S1. The molecule has 0 aromatic heterocycles. The van der Waals surface area contributed by atoms with Crippen LogP contribution in [0.3, 0.4) is 0 Å². The summed E-state index contributed by atoms with van der Waals surface area (Å²) in [5, 5.41) is 1.44. The van der Waals surface area contributed by atoms with Gasteiger partial charge in [-0.2, -0.15) is 0 Å². The minimum atomic E-state index is -4.82. The maximum absolute atomic E-state index is 12.2. The van der Waals surface area contributed by atoms with Crippen molar-refractivity contribution in [1.29, 1.82) is 0 Å². The maximum Gasteiger partial charge on any atom is 0.573 e. The Morgan fingerprint density at radius 1 is 1.21 bits per heavy atom. The number of amides is 2. The van der Waals surface area contributed by atoms with Gasteiger partial charge in [-0.25, -0.2) is 0 Å². The van der Waals surface area contributed by atoms with E-state index < -0.39 is 23.3 Å². The van der Waals surface area contributed by atoms with Gasteiger partial charge in [-0.3, -0.25) is 14.9 Å². The maximum atomic E-state index is 12.2. The zero-order chi connectivity index (χ0) is 14.0. The van der Waals surface area contributed by atoms with Crippen LogP contribution < -0.4 is 10.1 Å². The number of imide groups is 1. The van der Waals surface area contributed by atoms with Gasteiger partial charge in [0.25, 0.3) is 11.1 Å². The third-order valence-corrected chi connectivity index (χ3v) is 2.88. The molecule has 8 heteroatoms. The van der Waals surface area contributed by atoms with Crippen molar-refractivity contribution in [2.24, 2.45) is 0 Å². The zero-order valence-corrected chi connectivity index (χ0v) is 9.97. The highest BCUT2D eigenvalue weighted by molar-refractivity contribution is 8.18. The summed E-state index contributed by atoms with van der Waals surface area (Å²) in [6.45, 7) is 0. The van der Waals surface area contributed by atoms with Gasteiger partial charge < -0.3 is 4.74 Å². The lowest BCUT2D eigenvalue weighted by Crippen LogP contribution is -2.18. The van der Waals surface area contributed by atoms with Crippen molar-refractivity contribution in [2.75, 3.05) is 0 Å². The van der Waals surface area contributed by atoms with Gasteiger partial charge in [0.15, 0.2) is 0 Å². The van der Waals surface area contributed by atoms with Gasteiger partial charge in [-0.05, 0) is 23.9 Å². The number of thioether (sulfide) groups is 1. The molecule has 19 heavy (non-hydrogen) atoms. The topological polar surface area (TPSA) is 55.4 Å². The van der Waals surface area contributed by atoms with Crippen LogP contribution in [0.1, 0.15) is 5.56 Å². The quantitative estimate of drug-likeness (QED) is 0.851. The number of hydrogen-bond acceptors (Lipinski definition) is 4. The van der Waals surface area contributed by atoms with Gasteiger partial charge in [0, 0.05) is 5.56 Å². The lowest BCUT2D eigenvalue weighted by molar-refractivity contribution is -0.274. The number of hydrogen-bond donors (Lipinski definition) is 1.